The van der Waals surface area contributed by atoms with Crippen molar-refractivity contribution in [2.45, 2.75) is 89.1 Å². The number of thiazole rings is 1. The van der Waals surface area contributed by atoms with Gasteiger partial charge < -0.3 is 20.6 Å². The Morgan fingerprint density at radius 1 is 1.20 bits per heavy atom. The molecule has 2 aliphatic rings. The molecule has 2 fully saturated rings. The van der Waals surface area contributed by atoms with Gasteiger partial charge in [0.1, 0.15) is 11.5 Å². The second kappa shape index (κ2) is 11.2. The van der Waals surface area contributed by atoms with Gasteiger partial charge >= 0.3 is 6.18 Å². The summed E-state index contributed by atoms with van der Waals surface area (Å²) in [5.74, 6) is -4.83. The molecule has 0 spiro atoms. The van der Waals surface area contributed by atoms with Gasteiger partial charge in [-0.25, -0.2) is 18.7 Å². The van der Waals surface area contributed by atoms with Gasteiger partial charge in [0.15, 0.2) is 5.01 Å². The van der Waals surface area contributed by atoms with E-state index in [0.29, 0.717) is 49.6 Å². The van der Waals surface area contributed by atoms with E-state index in [1.807, 2.05) is 6.92 Å². The Morgan fingerprint density at radius 2 is 1.93 bits per heavy atom. The molecule has 1 saturated carbocycles. The molecule has 220 valence electrons. The first kappa shape index (κ1) is 30.1. The minimum Gasteiger partial charge on any atom is -0.389 e. The van der Waals surface area contributed by atoms with Gasteiger partial charge in [0.2, 0.25) is 0 Å². The van der Waals surface area contributed by atoms with Crippen LogP contribution in [0.15, 0.2) is 12.3 Å². The molecule has 0 aromatic carbocycles. The van der Waals surface area contributed by atoms with E-state index in [9.17, 15) is 36.6 Å². The van der Waals surface area contributed by atoms with E-state index in [4.69, 9.17) is 0 Å². The molecule has 14 heteroatoms. The van der Waals surface area contributed by atoms with E-state index in [-0.39, 0.29) is 46.8 Å². The Morgan fingerprint density at radius 3 is 2.52 bits per heavy atom. The maximum absolute atomic E-state index is 14.4. The van der Waals surface area contributed by atoms with Crippen LogP contribution in [-0.2, 0) is 6.18 Å². The van der Waals surface area contributed by atoms with E-state index in [0.717, 1.165) is 6.20 Å². The fourth-order valence-corrected chi connectivity index (χ4v) is 5.89. The normalized spacial score (nSPS) is 21.4. The molecule has 0 bridgehead atoms. The number of anilines is 1. The fraction of sp³-hybridized carbons (Fsp3) is 0.615. The average molecular weight is 590 g/mol. The zero-order valence-electron chi connectivity index (χ0n) is 22.4. The number of likely N-dealkylation sites (tertiary alicyclic amines) is 1. The van der Waals surface area contributed by atoms with Crippen LogP contribution < -0.4 is 10.6 Å². The van der Waals surface area contributed by atoms with E-state index >= 15 is 0 Å². The predicted molar refractivity (Wildman–Crippen MR) is 140 cm³/mol. The lowest BCUT2D eigenvalue weighted by Crippen LogP contribution is -2.42. The van der Waals surface area contributed by atoms with Crippen LogP contribution in [0.1, 0.15) is 85.2 Å². The summed E-state index contributed by atoms with van der Waals surface area (Å²) in [6.07, 6.45) is -2.07. The molecule has 1 aliphatic heterocycles. The number of carbonyl (C=O) groups excluding carboxylic acids is 2. The standard InChI is InChI=1S/C26H32F5N5O3S/c1-14-7-6-10-36(14)23(38)19-20(40-22(35-19)21(37)33-13-24(2,3)39)15-12-32-18(11-16(15)26(29,30)31)34-17-8-4-5-9-25(17,27)28/h11-12,14,17,39H,4-10,13H2,1-3H3,(H,32,34)(H,33,37)/t14?,17-/m1/s1. The highest BCUT2D eigenvalue weighted by Gasteiger charge is 2.43. The van der Waals surface area contributed by atoms with Crippen LogP contribution in [0.3, 0.4) is 0 Å². The van der Waals surface area contributed by atoms with E-state index < -0.39 is 46.7 Å². The highest BCUT2D eigenvalue weighted by atomic mass is 32.1. The Labute approximate surface area is 232 Å². The summed E-state index contributed by atoms with van der Waals surface area (Å²) >= 11 is 0.598. The molecule has 8 nitrogen and oxygen atoms in total. The van der Waals surface area contributed by atoms with Crippen LogP contribution in [0.25, 0.3) is 10.4 Å². The van der Waals surface area contributed by atoms with Crippen molar-refractivity contribution >= 4 is 29.0 Å². The van der Waals surface area contributed by atoms with Gasteiger partial charge in [0.25, 0.3) is 17.7 Å². The van der Waals surface area contributed by atoms with Crippen molar-refractivity contribution in [3.8, 4) is 10.4 Å². The molecule has 4 rings (SSSR count). The van der Waals surface area contributed by atoms with Gasteiger partial charge in [-0.1, -0.05) is 6.42 Å². The van der Waals surface area contributed by atoms with Crippen molar-refractivity contribution in [2.24, 2.45) is 0 Å². The monoisotopic (exact) mass is 589 g/mol. The van der Waals surface area contributed by atoms with Crippen molar-refractivity contribution in [3.63, 3.8) is 0 Å². The molecule has 3 heterocycles. The topological polar surface area (TPSA) is 107 Å². The number of nitrogens with one attached hydrogen (secondary N) is 2. The lowest BCUT2D eigenvalue weighted by molar-refractivity contribution is -0.137. The molecule has 1 unspecified atom stereocenters. The minimum atomic E-state index is -4.93. The van der Waals surface area contributed by atoms with Crippen LogP contribution >= 0.6 is 11.3 Å². The number of hydrogen-bond acceptors (Lipinski definition) is 7. The number of aromatic nitrogens is 2. The number of alkyl halides is 5. The van der Waals surface area contributed by atoms with Crippen molar-refractivity contribution < 1.29 is 36.6 Å². The summed E-state index contributed by atoms with van der Waals surface area (Å²) in [6.45, 7) is 4.97. The molecular weight excluding hydrogens is 557 g/mol. The van der Waals surface area contributed by atoms with Crippen LogP contribution in [-0.4, -0.2) is 68.5 Å². The number of rotatable bonds is 7. The van der Waals surface area contributed by atoms with Gasteiger partial charge in [0.05, 0.1) is 22.1 Å². The third-order valence-corrected chi connectivity index (χ3v) is 8.15. The molecule has 2 amide bonds. The van der Waals surface area contributed by atoms with Crippen LogP contribution in [0.5, 0.6) is 0 Å². The third-order valence-electron chi connectivity index (χ3n) is 7.06. The van der Waals surface area contributed by atoms with E-state index in [2.05, 4.69) is 20.6 Å². The minimum absolute atomic E-state index is 0.0857. The summed E-state index contributed by atoms with van der Waals surface area (Å²) in [6, 6.07) is -0.872. The maximum atomic E-state index is 14.4. The molecule has 2 aromatic rings. The van der Waals surface area contributed by atoms with Crippen molar-refractivity contribution in [1.82, 2.24) is 20.2 Å². The Hall–Kier alpha value is -2.87. The Bertz CT molecular complexity index is 1260. The van der Waals surface area contributed by atoms with Crippen LogP contribution in [0.4, 0.5) is 27.8 Å². The summed E-state index contributed by atoms with van der Waals surface area (Å²) in [5.41, 5.74) is -3.26. The summed E-state index contributed by atoms with van der Waals surface area (Å²) < 4.78 is 71.7. The van der Waals surface area contributed by atoms with Gasteiger partial charge in [-0.05, 0) is 52.5 Å². The van der Waals surface area contributed by atoms with Gasteiger partial charge in [-0.3, -0.25) is 9.59 Å². The smallest absolute Gasteiger partial charge is 0.389 e. The first-order valence-corrected chi connectivity index (χ1v) is 13.9. The predicted octanol–water partition coefficient (Wildman–Crippen LogP) is 5.34. The SMILES string of the molecule is CC1CCCN1C(=O)c1nc(C(=O)NCC(C)(C)O)sc1-c1cnc(N[C@@H]2CCCCC2(F)F)cc1C(F)(F)F. The lowest BCUT2D eigenvalue weighted by atomic mass is 9.91. The molecule has 1 saturated heterocycles. The van der Waals surface area contributed by atoms with Crippen LogP contribution in [0.2, 0.25) is 0 Å². The number of halogens is 5. The number of carbonyl (C=O) groups is 2. The molecule has 1 aliphatic carbocycles. The number of pyridine rings is 1. The van der Waals surface area contributed by atoms with Crippen molar-refractivity contribution in [1.29, 1.82) is 0 Å². The number of nitrogens with zero attached hydrogens (tertiary/aromatic N) is 3. The van der Waals surface area contributed by atoms with Crippen molar-refractivity contribution in [2.75, 3.05) is 18.4 Å². The quantitative estimate of drug-likeness (QED) is 0.377. The zero-order valence-corrected chi connectivity index (χ0v) is 23.2. The molecule has 2 aromatic heterocycles. The maximum Gasteiger partial charge on any atom is 0.417 e. The largest absolute Gasteiger partial charge is 0.417 e. The van der Waals surface area contributed by atoms with E-state index in [1.165, 1.54) is 18.7 Å². The highest BCUT2D eigenvalue weighted by Crippen LogP contribution is 2.43. The molecule has 40 heavy (non-hydrogen) atoms. The average Bonchev–Trinajstić information content (AvgIpc) is 3.49. The Balaban J connectivity index is 1.77. The van der Waals surface area contributed by atoms with Gasteiger partial charge in [0, 0.05) is 37.3 Å². The number of hydrogen-bond donors (Lipinski definition) is 3. The molecule has 2 atom stereocenters. The zero-order chi connectivity index (χ0) is 29.5. The summed E-state index contributed by atoms with van der Waals surface area (Å²) in [7, 11) is 0. The van der Waals surface area contributed by atoms with E-state index in [1.54, 1.807) is 0 Å². The first-order chi connectivity index (χ1) is 18.6. The molecule has 3 N–H and O–H groups in total. The third kappa shape index (κ3) is 6.70. The van der Waals surface area contributed by atoms with Gasteiger partial charge in [-0.15, -0.1) is 11.3 Å². The second-order valence-corrected chi connectivity index (χ2v) is 12.0. The molecular formula is C26H32F5N5O3S. The molecule has 0 radical (unpaired) electrons. The highest BCUT2D eigenvalue weighted by molar-refractivity contribution is 7.17. The number of amides is 2. The summed E-state index contributed by atoms with van der Waals surface area (Å²) in [4.78, 5) is 35.7. The van der Waals surface area contributed by atoms with Crippen molar-refractivity contribution in [3.05, 3.63) is 28.5 Å². The van der Waals surface area contributed by atoms with Crippen LogP contribution in [0, 0.1) is 0 Å². The fourth-order valence-electron chi connectivity index (χ4n) is 4.89. The Kier molecular flexibility index (Phi) is 8.42. The van der Waals surface area contributed by atoms with Gasteiger partial charge in [-0.2, -0.15) is 13.2 Å². The second-order valence-electron chi connectivity index (χ2n) is 11.0. The lowest BCUT2D eigenvalue weighted by Gasteiger charge is -2.32. The number of aliphatic hydroxyl groups is 1. The first-order valence-electron chi connectivity index (χ1n) is 13.1. The summed E-state index contributed by atoms with van der Waals surface area (Å²) in [5, 5.41) is 14.6.